The van der Waals surface area contributed by atoms with E-state index in [0.717, 1.165) is 5.56 Å². The van der Waals surface area contributed by atoms with Crippen LogP contribution in [0.3, 0.4) is 0 Å². The van der Waals surface area contributed by atoms with Crippen molar-refractivity contribution >= 4 is 16.8 Å². The average molecular weight is 352 g/mol. The standard InChI is InChI=1S/C21H20O5/c1-12-5-10-17-18(11-12)26-20(15-6-8-16(24-4)9-7-15)21(19(17)23)25-14(3)13(2)22/h5-11,14H,1-4H3/t14-/m0/s1. The number of hydrogen-bond donors (Lipinski definition) is 0. The summed E-state index contributed by atoms with van der Waals surface area (Å²) in [4.78, 5) is 24.6. The molecule has 0 unspecified atom stereocenters. The zero-order chi connectivity index (χ0) is 18.8. The summed E-state index contributed by atoms with van der Waals surface area (Å²) in [6.07, 6.45) is -0.752. The molecule has 0 amide bonds. The van der Waals surface area contributed by atoms with Gasteiger partial charge in [-0.05, 0) is 62.7 Å². The second-order valence-corrected chi connectivity index (χ2v) is 6.19. The van der Waals surface area contributed by atoms with Gasteiger partial charge in [-0.3, -0.25) is 9.59 Å². The molecule has 2 aromatic carbocycles. The Kier molecular flexibility index (Phi) is 4.80. The van der Waals surface area contributed by atoms with Gasteiger partial charge in [0.05, 0.1) is 12.5 Å². The highest BCUT2D eigenvalue weighted by molar-refractivity contribution is 5.84. The second kappa shape index (κ2) is 7.04. The summed E-state index contributed by atoms with van der Waals surface area (Å²) in [6.45, 7) is 4.96. The molecule has 5 heteroatoms. The molecule has 0 aliphatic rings. The SMILES string of the molecule is COc1ccc(-c2oc3cc(C)ccc3c(=O)c2O[C@@H](C)C(C)=O)cc1. The predicted octanol–water partition coefficient (Wildman–Crippen LogP) is 4.13. The number of carbonyl (C=O) groups is 1. The number of ether oxygens (including phenoxy) is 2. The molecule has 0 bridgehead atoms. The van der Waals surface area contributed by atoms with E-state index in [4.69, 9.17) is 13.9 Å². The van der Waals surface area contributed by atoms with E-state index in [1.54, 1.807) is 44.4 Å². The van der Waals surface area contributed by atoms with E-state index in [0.29, 0.717) is 28.0 Å². The molecule has 1 heterocycles. The van der Waals surface area contributed by atoms with Crippen molar-refractivity contribution in [3.63, 3.8) is 0 Å². The number of aryl methyl sites for hydroxylation is 1. The van der Waals surface area contributed by atoms with Crippen molar-refractivity contribution in [3.05, 3.63) is 58.3 Å². The van der Waals surface area contributed by atoms with E-state index in [-0.39, 0.29) is 17.0 Å². The van der Waals surface area contributed by atoms with Gasteiger partial charge in [0.25, 0.3) is 0 Å². The maximum absolute atomic E-state index is 13.0. The smallest absolute Gasteiger partial charge is 0.235 e. The van der Waals surface area contributed by atoms with Crippen LogP contribution in [0, 0.1) is 6.92 Å². The molecule has 1 atom stereocenters. The fourth-order valence-electron chi connectivity index (χ4n) is 2.58. The highest BCUT2D eigenvalue weighted by Gasteiger charge is 2.21. The first-order valence-corrected chi connectivity index (χ1v) is 8.29. The van der Waals surface area contributed by atoms with Crippen LogP contribution in [0.5, 0.6) is 11.5 Å². The quantitative estimate of drug-likeness (QED) is 0.691. The van der Waals surface area contributed by atoms with Crippen LogP contribution in [-0.2, 0) is 4.79 Å². The molecule has 5 nitrogen and oxygen atoms in total. The topological polar surface area (TPSA) is 65.7 Å². The molecule has 0 aliphatic carbocycles. The van der Waals surface area contributed by atoms with Crippen LogP contribution in [0.4, 0.5) is 0 Å². The number of rotatable bonds is 5. The Morgan fingerprint density at radius 1 is 1.12 bits per heavy atom. The molecule has 3 aromatic rings. The molecular weight excluding hydrogens is 332 g/mol. The normalized spacial score (nSPS) is 12.0. The number of hydrogen-bond acceptors (Lipinski definition) is 5. The van der Waals surface area contributed by atoms with Crippen LogP contribution in [-0.4, -0.2) is 19.0 Å². The van der Waals surface area contributed by atoms with Crippen molar-refractivity contribution in [3.8, 4) is 22.8 Å². The summed E-state index contributed by atoms with van der Waals surface area (Å²) in [5.74, 6) is 0.847. The lowest BCUT2D eigenvalue weighted by atomic mass is 10.1. The zero-order valence-corrected chi connectivity index (χ0v) is 15.2. The van der Waals surface area contributed by atoms with Gasteiger partial charge in [0.1, 0.15) is 11.3 Å². The van der Waals surface area contributed by atoms with E-state index in [1.165, 1.54) is 6.92 Å². The third-order valence-corrected chi connectivity index (χ3v) is 4.23. The van der Waals surface area contributed by atoms with E-state index < -0.39 is 6.10 Å². The second-order valence-electron chi connectivity index (χ2n) is 6.19. The Balaban J connectivity index is 2.25. The van der Waals surface area contributed by atoms with Crippen molar-refractivity contribution in [1.29, 1.82) is 0 Å². The fourth-order valence-corrected chi connectivity index (χ4v) is 2.58. The molecule has 134 valence electrons. The number of methoxy groups -OCH3 is 1. The van der Waals surface area contributed by atoms with Gasteiger partial charge < -0.3 is 13.9 Å². The van der Waals surface area contributed by atoms with Crippen molar-refractivity contribution in [1.82, 2.24) is 0 Å². The molecule has 0 N–H and O–H groups in total. The molecule has 0 fully saturated rings. The zero-order valence-electron chi connectivity index (χ0n) is 15.2. The third kappa shape index (κ3) is 3.33. The first-order valence-electron chi connectivity index (χ1n) is 8.29. The minimum atomic E-state index is -0.752. The number of fused-ring (bicyclic) bond motifs is 1. The molecule has 3 rings (SSSR count). The van der Waals surface area contributed by atoms with Gasteiger partial charge in [0, 0.05) is 5.56 Å². The monoisotopic (exact) mass is 352 g/mol. The first-order chi connectivity index (χ1) is 12.4. The van der Waals surface area contributed by atoms with Gasteiger partial charge in [-0.1, -0.05) is 6.07 Å². The van der Waals surface area contributed by atoms with Crippen molar-refractivity contribution in [2.24, 2.45) is 0 Å². The van der Waals surface area contributed by atoms with Gasteiger partial charge in [-0.2, -0.15) is 0 Å². The van der Waals surface area contributed by atoms with Crippen LogP contribution in [0.15, 0.2) is 51.7 Å². The van der Waals surface area contributed by atoms with Gasteiger partial charge >= 0.3 is 0 Å². The van der Waals surface area contributed by atoms with Crippen LogP contribution >= 0.6 is 0 Å². The Labute approximate surface area is 151 Å². The van der Waals surface area contributed by atoms with Gasteiger partial charge in [0.2, 0.25) is 11.2 Å². The third-order valence-electron chi connectivity index (χ3n) is 4.23. The summed E-state index contributed by atoms with van der Waals surface area (Å²) >= 11 is 0. The van der Waals surface area contributed by atoms with E-state index in [2.05, 4.69) is 0 Å². The highest BCUT2D eigenvalue weighted by atomic mass is 16.5. The number of benzene rings is 2. The summed E-state index contributed by atoms with van der Waals surface area (Å²) in [7, 11) is 1.58. The largest absolute Gasteiger partial charge is 0.497 e. The van der Waals surface area contributed by atoms with Gasteiger partial charge in [-0.15, -0.1) is 0 Å². The van der Waals surface area contributed by atoms with E-state index >= 15 is 0 Å². The van der Waals surface area contributed by atoms with Crippen LogP contribution in [0.25, 0.3) is 22.3 Å². The van der Waals surface area contributed by atoms with Crippen LogP contribution in [0.2, 0.25) is 0 Å². The van der Waals surface area contributed by atoms with Crippen LogP contribution < -0.4 is 14.9 Å². The molecule has 1 aromatic heterocycles. The summed E-state index contributed by atoms with van der Waals surface area (Å²) in [6, 6.07) is 12.5. The molecule has 0 aliphatic heterocycles. The Hall–Kier alpha value is -3.08. The number of ketones is 1. The molecule has 0 radical (unpaired) electrons. The highest BCUT2D eigenvalue weighted by Crippen LogP contribution is 2.32. The minimum Gasteiger partial charge on any atom is -0.497 e. The van der Waals surface area contributed by atoms with Gasteiger partial charge in [-0.25, -0.2) is 0 Å². The maximum atomic E-state index is 13.0. The van der Waals surface area contributed by atoms with Crippen molar-refractivity contribution < 1.29 is 18.7 Å². The number of carbonyl (C=O) groups excluding carboxylic acids is 1. The minimum absolute atomic E-state index is 0.0363. The van der Waals surface area contributed by atoms with E-state index in [9.17, 15) is 9.59 Å². The summed E-state index contributed by atoms with van der Waals surface area (Å²) in [5, 5.41) is 0.415. The Morgan fingerprint density at radius 3 is 2.42 bits per heavy atom. The van der Waals surface area contributed by atoms with Gasteiger partial charge in [0.15, 0.2) is 17.6 Å². The first kappa shape index (κ1) is 17.7. The Morgan fingerprint density at radius 2 is 1.81 bits per heavy atom. The summed E-state index contributed by atoms with van der Waals surface area (Å²) < 4.78 is 16.9. The van der Waals surface area contributed by atoms with Crippen molar-refractivity contribution in [2.45, 2.75) is 26.9 Å². The molecule has 0 saturated carbocycles. The Bertz CT molecular complexity index is 1010. The lowest BCUT2D eigenvalue weighted by Crippen LogP contribution is -2.24. The van der Waals surface area contributed by atoms with E-state index in [1.807, 2.05) is 19.1 Å². The molecule has 0 spiro atoms. The molecular formula is C21H20O5. The molecule has 0 saturated heterocycles. The molecule has 26 heavy (non-hydrogen) atoms. The lowest BCUT2D eigenvalue weighted by Gasteiger charge is -2.15. The average Bonchev–Trinajstić information content (AvgIpc) is 2.63. The predicted molar refractivity (Wildman–Crippen MR) is 100.0 cm³/mol. The maximum Gasteiger partial charge on any atom is 0.235 e. The van der Waals surface area contributed by atoms with Crippen molar-refractivity contribution in [2.75, 3.05) is 7.11 Å². The fraction of sp³-hybridized carbons (Fsp3) is 0.238. The summed E-state index contributed by atoms with van der Waals surface area (Å²) in [5.41, 5.74) is 1.82. The lowest BCUT2D eigenvalue weighted by molar-refractivity contribution is -0.122. The number of Topliss-reactive ketones (excluding diaryl/α,β-unsaturated/α-hetero) is 1. The van der Waals surface area contributed by atoms with Crippen LogP contribution in [0.1, 0.15) is 19.4 Å².